The van der Waals surface area contributed by atoms with E-state index < -0.39 is 30.1 Å². The molecule has 20 heteroatoms. The Kier molecular flexibility index (Phi) is 63.4. The first kappa shape index (κ1) is 87.6. The van der Waals surface area contributed by atoms with Crippen LogP contribution in [-0.2, 0) is 38.4 Å². The number of unbranched alkanes of at least 4 members (excludes halogenated alkanes) is 36. The number of nitrogens with two attached hydrogens (primary N) is 1. The number of primary amides is 1. The van der Waals surface area contributed by atoms with E-state index in [9.17, 15) is 38.4 Å². The first-order valence-electron chi connectivity index (χ1n) is 38.3. The van der Waals surface area contributed by atoms with E-state index in [4.69, 9.17) is 5.73 Å². The van der Waals surface area contributed by atoms with Crippen LogP contribution in [0.3, 0.4) is 0 Å². The van der Waals surface area contributed by atoms with E-state index in [2.05, 4.69) is 67.1 Å². The number of hydrogen-bond donors (Lipinski definition) is 12. The molecular weight excluding hydrogens is 1160 g/mol. The van der Waals surface area contributed by atoms with Crippen LogP contribution in [0.1, 0.15) is 341 Å². The molecule has 0 heterocycles. The van der Waals surface area contributed by atoms with Gasteiger partial charge in [0.05, 0.1) is 26.2 Å². The molecule has 0 aliphatic heterocycles. The number of nitrogens with one attached hydrogen (secondary N) is 7. The van der Waals surface area contributed by atoms with Gasteiger partial charge in [-0.1, -0.05) is 193 Å². The Hall–Kier alpha value is -4.40. The first-order valence-corrected chi connectivity index (χ1v) is 38.3. The summed E-state index contributed by atoms with van der Waals surface area (Å²) in [6, 6.07) is -2.09. The van der Waals surface area contributed by atoms with Gasteiger partial charge in [0.2, 0.25) is 47.3 Å². The lowest BCUT2D eigenvalue weighted by Crippen LogP contribution is -2.50. The quantitative estimate of drug-likeness (QED) is 0.0264. The molecule has 20 nitrogen and oxygen atoms in total. The Morgan fingerprint density at radius 1 is 0.261 bits per heavy atom. The van der Waals surface area contributed by atoms with E-state index in [-0.39, 0.29) is 41.4 Å². The molecule has 0 aromatic rings. The predicted molar refractivity (Wildman–Crippen MR) is 373 cm³/mol. The van der Waals surface area contributed by atoms with Gasteiger partial charge in [-0.25, -0.2) is 0 Å². The molecule has 0 fully saturated rings. The molecule has 92 heavy (non-hydrogen) atoms. The molecule has 0 saturated carbocycles. The Labute approximate surface area is 559 Å². The topological polar surface area (TPSA) is 357 Å². The van der Waals surface area contributed by atoms with Crippen LogP contribution in [0.25, 0.3) is 0 Å². The number of carbonyl (C=O) groups is 8. The number of carbonyl (C=O) groups excluding carboxylic acids is 8. The minimum Gasteiger partial charge on any atom is -0.368 e. The maximum atomic E-state index is 13.2. The zero-order chi connectivity index (χ0) is 67.6. The maximum absolute atomic E-state index is 13.2. The van der Waals surface area contributed by atoms with Crippen molar-refractivity contribution in [3.8, 4) is 0 Å². The third kappa shape index (κ3) is 57.1. The zero-order valence-electron chi connectivity index (χ0n) is 59.2. The lowest BCUT2D eigenvalue weighted by atomic mass is 10.0. The van der Waals surface area contributed by atoms with Gasteiger partial charge in [-0.15, -0.1) is 0 Å². The highest BCUT2D eigenvalue weighted by Gasteiger charge is 2.23. The molecule has 0 rings (SSSR count). The first-order chi connectivity index (χ1) is 44.8. The van der Waals surface area contributed by atoms with E-state index in [1.807, 2.05) is 0 Å². The summed E-state index contributed by atoms with van der Waals surface area (Å²) in [4.78, 5) is 102. The van der Waals surface area contributed by atoms with Crippen LogP contribution in [0, 0.1) is 0 Å². The van der Waals surface area contributed by atoms with E-state index in [1.165, 1.54) is 44.9 Å². The maximum Gasteiger partial charge on any atom is 0.242 e. The van der Waals surface area contributed by atoms with Crippen LogP contribution >= 0.6 is 0 Å². The van der Waals surface area contributed by atoms with Crippen molar-refractivity contribution in [2.75, 3.05) is 45.8 Å². The summed E-state index contributed by atoms with van der Waals surface area (Å²) < 4.78 is 0. The van der Waals surface area contributed by atoms with E-state index in [1.54, 1.807) is 0 Å². The molecular formula is C72H146N12O8+4. The normalized spacial score (nSPS) is 12.6. The fraction of sp³-hybridized carbons (Fsp3) is 0.889. The molecule has 0 aliphatic rings. The lowest BCUT2D eigenvalue weighted by molar-refractivity contribution is -0.368. The molecule has 0 aliphatic carbocycles. The second-order valence-electron chi connectivity index (χ2n) is 26.5. The van der Waals surface area contributed by atoms with Crippen molar-refractivity contribution in [2.24, 2.45) is 5.73 Å². The molecule has 538 valence electrons. The smallest absolute Gasteiger partial charge is 0.242 e. The van der Waals surface area contributed by atoms with Gasteiger partial charge in [0.1, 0.15) is 24.2 Å². The molecule has 21 N–H and O–H groups in total. The predicted octanol–water partition coefficient (Wildman–Crippen LogP) is 8.03. The second-order valence-corrected chi connectivity index (χ2v) is 26.5. The van der Waals surface area contributed by atoms with Crippen molar-refractivity contribution in [1.29, 1.82) is 0 Å². The number of quaternary nitrogens is 4. The molecule has 0 radical (unpaired) electrons. The summed E-state index contributed by atoms with van der Waals surface area (Å²) in [5.41, 5.74) is 21.1. The second kappa shape index (κ2) is 66.6. The molecule has 0 saturated heterocycles. The number of amides is 8. The van der Waals surface area contributed by atoms with Gasteiger partial charge < -0.3 is 65.9 Å². The molecule has 0 bridgehead atoms. The Balaban J connectivity index is 4.20. The molecule has 0 spiro atoms. The molecule has 4 unspecified atom stereocenters. The highest BCUT2D eigenvalue weighted by molar-refractivity contribution is 5.89. The van der Waals surface area contributed by atoms with E-state index >= 15 is 0 Å². The highest BCUT2D eigenvalue weighted by atomic mass is 16.2. The Morgan fingerprint density at radius 3 is 0.674 bits per heavy atom. The van der Waals surface area contributed by atoms with Gasteiger partial charge in [-0.2, -0.15) is 0 Å². The van der Waals surface area contributed by atoms with Gasteiger partial charge in [0.25, 0.3) is 0 Å². The largest absolute Gasteiger partial charge is 0.368 e. The van der Waals surface area contributed by atoms with Crippen molar-refractivity contribution in [1.82, 2.24) is 37.2 Å². The summed E-state index contributed by atoms with van der Waals surface area (Å²) in [5.74, 6) is -0.964. The average molecular weight is 1310 g/mol. The van der Waals surface area contributed by atoms with Crippen LogP contribution in [-0.4, -0.2) is 117 Å². The monoisotopic (exact) mass is 1310 g/mol. The van der Waals surface area contributed by atoms with Crippen LogP contribution in [0.5, 0.6) is 0 Å². The van der Waals surface area contributed by atoms with Gasteiger partial charge in [0, 0.05) is 45.3 Å². The molecule has 0 aromatic heterocycles. The molecule has 4 atom stereocenters. The van der Waals surface area contributed by atoms with Gasteiger partial charge in [0.15, 0.2) is 0 Å². The summed E-state index contributed by atoms with van der Waals surface area (Å²) in [5, 5.41) is 21.1. The highest BCUT2D eigenvalue weighted by Crippen LogP contribution is 2.16. The van der Waals surface area contributed by atoms with Crippen molar-refractivity contribution >= 4 is 47.3 Å². The lowest BCUT2D eigenvalue weighted by Gasteiger charge is -2.18. The van der Waals surface area contributed by atoms with E-state index in [0.717, 1.165) is 264 Å². The minimum absolute atomic E-state index is 0.0140. The van der Waals surface area contributed by atoms with Crippen LogP contribution in [0.15, 0.2) is 0 Å². The van der Waals surface area contributed by atoms with E-state index in [0.29, 0.717) is 71.0 Å². The van der Waals surface area contributed by atoms with Gasteiger partial charge >= 0.3 is 0 Å². The number of rotatable bonds is 70. The Bertz CT molecular complexity index is 1820. The van der Waals surface area contributed by atoms with Crippen LogP contribution < -0.4 is 65.9 Å². The third-order valence-electron chi connectivity index (χ3n) is 17.8. The fourth-order valence-corrected chi connectivity index (χ4v) is 11.8. The summed E-state index contributed by atoms with van der Waals surface area (Å²) in [7, 11) is 0. The third-order valence-corrected chi connectivity index (χ3v) is 17.8. The summed E-state index contributed by atoms with van der Waals surface area (Å²) in [6.07, 6.45) is 50.3. The van der Waals surface area contributed by atoms with Crippen LogP contribution in [0.4, 0.5) is 0 Å². The number of hydrogen-bond acceptors (Lipinski definition) is 8. The van der Waals surface area contributed by atoms with Gasteiger partial charge in [-0.05, 0) is 122 Å². The summed E-state index contributed by atoms with van der Waals surface area (Å²) >= 11 is 0. The molecule has 8 amide bonds. The standard InChI is InChI=1S/C72H142N12O8/c1-2-3-4-5-6-10-17-25-32-51-66(86)82-62(47-36-40-55-74)70(90)78-59-44-29-22-15-8-12-19-27-34-53-68(88)84-64(49-38-42-57-76)72(92)80-60-45-30-23-16-9-13-20-26-33-52-67(87)83-63(48-37-41-56-75)71(91)79-58-43-28-21-14-7-11-18-24-31-50-65(85)81-61(69(77)89)46-35-39-54-73/h61-64H,2-60,73-76H2,1H3,(H2,77,89)(H,78,90)(H,79,91)(H,80,92)(H,81,85)(H,82,86)(H,83,87)(H,84,88)/p+4. The summed E-state index contributed by atoms with van der Waals surface area (Å²) in [6.45, 7) is 7.32. The average Bonchev–Trinajstić information content (AvgIpc) is 3.75. The fourth-order valence-electron chi connectivity index (χ4n) is 11.8. The minimum atomic E-state index is -0.594. The SMILES string of the molecule is CCCCCCCCCCCC(=O)NC(CCCC[NH3+])C(=O)NCCCCCCCCCCCC(=O)NC(CCCC[NH3+])C(=O)NCCCCCCCCCCCC(=O)NC(CCCC[NH3+])C(=O)NCCCCCCCCCCCC(=O)NC(CCCC[NH3+])C(N)=O. The van der Waals surface area contributed by atoms with Crippen LogP contribution in [0.2, 0.25) is 0 Å². The Morgan fingerprint density at radius 2 is 0.457 bits per heavy atom. The zero-order valence-corrected chi connectivity index (χ0v) is 59.2. The van der Waals surface area contributed by atoms with Gasteiger partial charge in [-0.3, -0.25) is 38.4 Å². The van der Waals surface area contributed by atoms with Crippen molar-refractivity contribution in [3.05, 3.63) is 0 Å². The van der Waals surface area contributed by atoms with Crippen molar-refractivity contribution in [2.45, 2.75) is 365 Å². The van der Waals surface area contributed by atoms with Crippen molar-refractivity contribution in [3.63, 3.8) is 0 Å². The van der Waals surface area contributed by atoms with Crippen molar-refractivity contribution < 1.29 is 61.3 Å². The molecule has 0 aromatic carbocycles.